The summed E-state index contributed by atoms with van der Waals surface area (Å²) in [5, 5.41) is 0. The van der Waals surface area contributed by atoms with Gasteiger partial charge in [0.15, 0.2) is 11.5 Å². The number of benzene rings is 1. The lowest BCUT2D eigenvalue weighted by Gasteiger charge is -2.34. The number of amides is 1. The summed E-state index contributed by atoms with van der Waals surface area (Å²) in [5.74, 6) is 1.70. The van der Waals surface area contributed by atoms with Crippen LogP contribution in [0.15, 0.2) is 18.2 Å². The third kappa shape index (κ3) is 2.97. The zero-order valence-corrected chi connectivity index (χ0v) is 12.5. The normalized spacial score (nSPS) is 22.9. The molecular formula is C16H22N2O3. The van der Waals surface area contributed by atoms with E-state index in [1.807, 2.05) is 17.0 Å². The summed E-state index contributed by atoms with van der Waals surface area (Å²) in [6.07, 6.45) is 2.97. The van der Waals surface area contributed by atoms with Gasteiger partial charge in [0, 0.05) is 32.2 Å². The number of hydrogen-bond acceptors (Lipinski definition) is 4. The van der Waals surface area contributed by atoms with Gasteiger partial charge in [-0.05, 0) is 24.5 Å². The van der Waals surface area contributed by atoms with Crippen molar-refractivity contribution in [2.75, 3.05) is 39.9 Å². The van der Waals surface area contributed by atoms with E-state index in [-0.39, 0.29) is 0 Å². The van der Waals surface area contributed by atoms with Gasteiger partial charge in [0.1, 0.15) is 6.61 Å². The fourth-order valence-electron chi connectivity index (χ4n) is 3.20. The molecule has 0 saturated carbocycles. The summed E-state index contributed by atoms with van der Waals surface area (Å²) < 4.78 is 11.3. The predicted molar refractivity (Wildman–Crippen MR) is 79.8 cm³/mol. The second-order valence-electron chi connectivity index (χ2n) is 5.65. The molecule has 1 aromatic carbocycles. The van der Waals surface area contributed by atoms with Gasteiger partial charge in [-0.15, -0.1) is 0 Å². The van der Waals surface area contributed by atoms with Gasteiger partial charge in [0.2, 0.25) is 6.41 Å². The van der Waals surface area contributed by atoms with Crippen LogP contribution in [0.4, 0.5) is 0 Å². The molecule has 2 aliphatic rings. The highest BCUT2D eigenvalue weighted by Crippen LogP contribution is 2.35. The molecular weight excluding hydrogens is 268 g/mol. The van der Waals surface area contributed by atoms with E-state index in [1.54, 1.807) is 7.11 Å². The molecule has 0 radical (unpaired) electrons. The Morgan fingerprint density at radius 1 is 1.29 bits per heavy atom. The van der Waals surface area contributed by atoms with Crippen molar-refractivity contribution < 1.29 is 14.3 Å². The van der Waals surface area contributed by atoms with E-state index in [1.165, 1.54) is 5.56 Å². The number of carbonyl (C=O) groups is 1. The molecule has 1 saturated heterocycles. The summed E-state index contributed by atoms with van der Waals surface area (Å²) >= 11 is 0. The van der Waals surface area contributed by atoms with Crippen molar-refractivity contribution in [2.45, 2.75) is 18.9 Å². The molecule has 5 nitrogen and oxygen atoms in total. The Morgan fingerprint density at radius 2 is 2.19 bits per heavy atom. The summed E-state index contributed by atoms with van der Waals surface area (Å²) in [5.41, 5.74) is 1.21. The third-order valence-electron chi connectivity index (χ3n) is 4.39. The van der Waals surface area contributed by atoms with Crippen LogP contribution in [0.3, 0.4) is 0 Å². The first-order valence-corrected chi connectivity index (χ1v) is 7.54. The van der Waals surface area contributed by atoms with Crippen LogP contribution in [0, 0.1) is 0 Å². The molecule has 1 fully saturated rings. The quantitative estimate of drug-likeness (QED) is 0.784. The van der Waals surface area contributed by atoms with Gasteiger partial charge in [-0.2, -0.15) is 0 Å². The highest BCUT2D eigenvalue weighted by atomic mass is 16.5. The summed E-state index contributed by atoms with van der Waals surface area (Å²) in [6.45, 7) is 4.31. The van der Waals surface area contributed by atoms with Crippen LogP contribution in [-0.2, 0) is 11.2 Å². The second kappa shape index (κ2) is 6.35. The third-order valence-corrected chi connectivity index (χ3v) is 4.39. The van der Waals surface area contributed by atoms with Gasteiger partial charge in [-0.3, -0.25) is 9.69 Å². The minimum absolute atomic E-state index is 0.385. The van der Waals surface area contributed by atoms with Crippen molar-refractivity contribution in [2.24, 2.45) is 0 Å². The standard InChI is InChI=1S/C16H22N2O3/c1-20-15-5-2-4-13-10-14(11-21-16(13)15)18-7-3-6-17(12-19)8-9-18/h2,4-5,12,14H,3,6-11H2,1H3/t14-/m1/s1. The molecule has 0 aromatic heterocycles. The van der Waals surface area contributed by atoms with E-state index in [0.29, 0.717) is 12.6 Å². The largest absolute Gasteiger partial charge is 0.493 e. The minimum atomic E-state index is 0.385. The predicted octanol–water partition coefficient (Wildman–Crippen LogP) is 1.16. The molecule has 2 aliphatic heterocycles. The molecule has 0 bridgehead atoms. The monoisotopic (exact) mass is 290 g/mol. The molecule has 21 heavy (non-hydrogen) atoms. The lowest BCUT2D eigenvalue weighted by atomic mass is 10.0. The molecule has 0 N–H and O–H groups in total. The fraction of sp³-hybridized carbons (Fsp3) is 0.562. The number of rotatable bonds is 3. The zero-order chi connectivity index (χ0) is 14.7. The number of fused-ring (bicyclic) bond motifs is 1. The number of carbonyl (C=O) groups excluding carboxylic acids is 1. The van der Waals surface area contributed by atoms with Crippen molar-refractivity contribution in [3.63, 3.8) is 0 Å². The molecule has 0 spiro atoms. The average Bonchev–Trinajstić information content (AvgIpc) is 2.79. The number of methoxy groups -OCH3 is 1. The van der Waals surface area contributed by atoms with Crippen molar-refractivity contribution in [3.05, 3.63) is 23.8 Å². The Labute approximate surface area is 125 Å². The van der Waals surface area contributed by atoms with E-state index in [9.17, 15) is 4.79 Å². The maximum atomic E-state index is 10.9. The average molecular weight is 290 g/mol. The van der Waals surface area contributed by atoms with Crippen LogP contribution < -0.4 is 9.47 Å². The second-order valence-corrected chi connectivity index (χ2v) is 5.65. The van der Waals surface area contributed by atoms with Crippen LogP contribution in [0.1, 0.15) is 12.0 Å². The van der Waals surface area contributed by atoms with E-state index < -0.39 is 0 Å². The number of hydrogen-bond donors (Lipinski definition) is 0. The lowest BCUT2D eigenvalue weighted by molar-refractivity contribution is -0.118. The van der Waals surface area contributed by atoms with Crippen molar-refractivity contribution in [3.8, 4) is 11.5 Å². The van der Waals surface area contributed by atoms with Crippen molar-refractivity contribution in [1.82, 2.24) is 9.80 Å². The van der Waals surface area contributed by atoms with Gasteiger partial charge in [0.25, 0.3) is 0 Å². The highest BCUT2D eigenvalue weighted by molar-refractivity contribution is 5.48. The first-order valence-electron chi connectivity index (χ1n) is 7.54. The maximum absolute atomic E-state index is 10.9. The van der Waals surface area contributed by atoms with Crippen LogP contribution in [0.2, 0.25) is 0 Å². The van der Waals surface area contributed by atoms with E-state index in [0.717, 1.165) is 56.9 Å². The van der Waals surface area contributed by atoms with Crippen molar-refractivity contribution >= 4 is 6.41 Å². The molecule has 5 heteroatoms. The van der Waals surface area contributed by atoms with E-state index in [4.69, 9.17) is 9.47 Å². The molecule has 1 aromatic rings. The SMILES string of the molecule is COc1cccc2c1OC[C@H](N1CCCN(C=O)CC1)C2. The number of para-hydroxylation sites is 1. The van der Waals surface area contributed by atoms with Gasteiger partial charge in [-0.25, -0.2) is 0 Å². The van der Waals surface area contributed by atoms with E-state index in [2.05, 4.69) is 11.0 Å². The van der Waals surface area contributed by atoms with Gasteiger partial charge in [-0.1, -0.05) is 12.1 Å². The Kier molecular flexibility index (Phi) is 4.29. The fourth-order valence-corrected chi connectivity index (χ4v) is 3.20. The molecule has 2 heterocycles. The van der Waals surface area contributed by atoms with Crippen LogP contribution in [-0.4, -0.2) is 62.1 Å². The van der Waals surface area contributed by atoms with Gasteiger partial charge < -0.3 is 14.4 Å². The summed E-state index contributed by atoms with van der Waals surface area (Å²) in [4.78, 5) is 15.2. The number of nitrogens with zero attached hydrogens (tertiary/aromatic N) is 2. The Bertz CT molecular complexity index is 506. The molecule has 1 amide bonds. The lowest BCUT2D eigenvalue weighted by Crippen LogP contribution is -2.44. The molecule has 1 atom stereocenters. The number of ether oxygens (including phenoxy) is 2. The van der Waals surface area contributed by atoms with Crippen LogP contribution in [0.5, 0.6) is 11.5 Å². The molecule has 0 unspecified atom stereocenters. The topological polar surface area (TPSA) is 42.0 Å². The molecule has 114 valence electrons. The summed E-state index contributed by atoms with van der Waals surface area (Å²) in [7, 11) is 1.67. The first kappa shape index (κ1) is 14.2. The molecule has 0 aliphatic carbocycles. The van der Waals surface area contributed by atoms with Crippen molar-refractivity contribution in [1.29, 1.82) is 0 Å². The van der Waals surface area contributed by atoms with Gasteiger partial charge >= 0.3 is 0 Å². The van der Waals surface area contributed by atoms with Gasteiger partial charge in [0.05, 0.1) is 7.11 Å². The van der Waals surface area contributed by atoms with Crippen LogP contribution in [0.25, 0.3) is 0 Å². The maximum Gasteiger partial charge on any atom is 0.209 e. The Hall–Kier alpha value is -1.75. The highest BCUT2D eigenvalue weighted by Gasteiger charge is 2.28. The minimum Gasteiger partial charge on any atom is -0.493 e. The first-order chi connectivity index (χ1) is 10.3. The van der Waals surface area contributed by atoms with E-state index >= 15 is 0 Å². The van der Waals surface area contributed by atoms with Crippen LogP contribution >= 0.6 is 0 Å². The zero-order valence-electron chi connectivity index (χ0n) is 12.5. The summed E-state index contributed by atoms with van der Waals surface area (Å²) in [6, 6.07) is 6.45. The Balaban J connectivity index is 1.70. The Morgan fingerprint density at radius 3 is 3.00 bits per heavy atom. The molecule has 3 rings (SSSR count). The smallest absolute Gasteiger partial charge is 0.209 e.